The fraction of sp³-hybridized carbons (Fsp3) is 0.0952. The predicted molar refractivity (Wildman–Crippen MR) is 110 cm³/mol. The number of ether oxygens (including phenoxy) is 1. The summed E-state index contributed by atoms with van der Waals surface area (Å²) in [5.41, 5.74) is -1.34. The third-order valence-electron chi connectivity index (χ3n) is 3.49. The Labute approximate surface area is 179 Å². The molecule has 0 unspecified atom stereocenters. The maximum atomic E-state index is 13.4. The van der Waals surface area contributed by atoms with Crippen LogP contribution >= 0.6 is 23.5 Å². The number of halogens is 3. The van der Waals surface area contributed by atoms with Crippen LogP contribution in [0.15, 0.2) is 77.1 Å². The van der Waals surface area contributed by atoms with Crippen molar-refractivity contribution in [1.29, 1.82) is 0 Å². The van der Waals surface area contributed by atoms with Gasteiger partial charge in [-0.15, -0.1) is 0 Å². The first-order chi connectivity index (χ1) is 14.0. The topological polar surface area (TPSA) is 60.4 Å². The van der Waals surface area contributed by atoms with Gasteiger partial charge in [-0.05, 0) is 84.6 Å². The van der Waals surface area contributed by atoms with E-state index in [4.69, 9.17) is 4.74 Å². The Hall–Kier alpha value is -2.78. The fourth-order valence-corrected chi connectivity index (χ4v) is 3.44. The van der Waals surface area contributed by atoms with Gasteiger partial charge in [0.25, 0.3) is 0 Å². The minimum absolute atomic E-state index is 0.0971. The smallest absolute Gasteiger partial charge is 0.417 e. The van der Waals surface area contributed by atoms with E-state index in [1.165, 1.54) is 31.2 Å². The van der Waals surface area contributed by atoms with Crippen molar-refractivity contribution in [3.63, 3.8) is 0 Å². The van der Waals surface area contributed by atoms with E-state index < -0.39 is 22.8 Å². The molecule has 0 radical (unpaired) electrons. The number of benzene rings is 2. The van der Waals surface area contributed by atoms with E-state index in [0.29, 0.717) is 22.7 Å². The molecule has 0 heterocycles. The molecule has 0 N–H and O–H groups in total. The maximum Gasteiger partial charge on any atom is 0.417 e. The van der Waals surface area contributed by atoms with Gasteiger partial charge in [-0.1, -0.05) is 13.2 Å². The third-order valence-corrected chi connectivity index (χ3v) is 5.48. The number of carbonyl (C=O) groups excluding carboxylic acids is 3. The number of hydrogen-bond acceptors (Lipinski definition) is 6. The molecule has 0 saturated carbocycles. The van der Waals surface area contributed by atoms with Crippen LogP contribution in [0, 0.1) is 0 Å². The lowest BCUT2D eigenvalue weighted by Crippen LogP contribution is -2.13. The van der Waals surface area contributed by atoms with Crippen LogP contribution in [0.5, 0.6) is 5.75 Å². The molecule has 0 aliphatic carbocycles. The van der Waals surface area contributed by atoms with Crippen LogP contribution in [0.1, 0.15) is 22.8 Å². The highest BCUT2D eigenvalue weighted by atomic mass is 32.2. The van der Waals surface area contributed by atoms with Crippen molar-refractivity contribution in [3.05, 3.63) is 78.4 Å². The lowest BCUT2D eigenvalue weighted by atomic mass is 10.1. The van der Waals surface area contributed by atoms with Gasteiger partial charge in [-0.3, -0.25) is 9.59 Å². The van der Waals surface area contributed by atoms with E-state index in [0.717, 1.165) is 30.0 Å². The van der Waals surface area contributed by atoms with Crippen molar-refractivity contribution >= 4 is 39.7 Å². The Morgan fingerprint density at radius 2 is 1.67 bits per heavy atom. The summed E-state index contributed by atoms with van der Waals surface area (Å²) in [6, 6.07) is 8.72. The molecule has 0 amide bonds. The molecule has 2 rings (SSSR count). The van der Waals surface area contributed by atoms with E-state index in [9.17, 15) is 27.6 Å². The van der Waals surface area contributed by atoms with Crippen LogP contribution < -0.4 is 4.74 Å². The van der Waals surface area contributed by atoms with Crippen molar-refractivity contribution in [1.82, 2.24) is 0 Å². The molecule has 0 aromatic heterocycles. The van der Waals surface area contributed by atoms with Crippen LogP contribution in [-0.2, 0) is 15.8 Å². The summed E-state index contributed by atoms with van der Waals surface area (Å²) in [6.07, 6.45) is -3.62. The van der Waals surface area contributed by atoms with E-state index in [1.54, 1.807) is 0 Å². The Morgan fingerprint density at radius 1 is 1.03 bits per heavy atom. The molecule has 0 fully saturated rings. The van der Waals surface area contributed by atoms with Gasteiger partial charge >= 0.3 is 12.1 Å². The predicted octanol–water partition coefficient (Wildman–Crippen LogP) is 5.92. The quantitative estimate of drug-likeness (QED) is 0.235. The number of esters is 1. The first-order valence-electron chi connectivity index (χ1n) is 8.26. The highest BCUT2D eigenvalue weighted by Gasteiger charge is 2.35. The Bertz CT molecular complexity index is 1010. The van der Waals surface area contributed by atoms with E-state index >= 15 is 0 Å². The summed E-state index contributed by atoms with van der Waals surface area (Å²) >= 11 is 1.31. The lowest BCUT2D eigenvalue weighted by molar-refractivity contribution is -0.139. The van der Waals surface area contributed by atoms with Crippen molar-refractivity contribution in [2.75, 3.05) is 0 Å². The Morgan fingerprint density at radius 3 is 2.20 bits per heavy atom. The molecule has 0 spiro atoms. The second-order valence-electron chi connectivity index (χ2n) is 5.86. The molecule has 0 aliphatic heterocycles. The highest BCUT2D eigenvalue weighted by Crippen LogP contribution is 2.38. The molecular weight excluding hydrogens is 437 g/mol. The van der Waals surface area contributed by atoms with Gasteiger partial charge < -0.3 is 4.74 Å². The van der Waals surface area contributed by atoms with Gasteiger partial charge in [-0.2, -0.15) is 13.2 Å². The van der Waals surface area contributed by atoms with E-state index in [1.807, 2.05) is 0 Å². The Kier molecular flexibility index (Phi) is 7.69. The molecule has 30 heavy (non-hydrogen) atoms. The van der Waals surface area contributed by atoms with Crippen LogP contribution in [0.2, 0.25) is 0 Å². The first kappa shape index (κ1) is 23.5. The molecule has 0 bridgehead atoms. The van der Waals surface area contributed by atoms with Crippen molar-refractivity contribution in [3.8, 4) is 5.75 Å². The molecular formula is C21H15F3O4S2. The summed E-state index contributed by atoms with van der Waals surface area (Å²) in [7, 11) is 0. The monoisotopic (exact) mass is 452 g/mol. The maximum absolute atomic E-state index is 13.4. The number of hydrogen-bond donors (Lipinski definition) is 0. The van der Waals surface area contributed by atoms with Crippen molar-refractivity contribution in [2.45, 2.75) is 22.9 Å². The zero-order chi connectivity index (χ0) is 22.5. The SMILES string of the molecule is C=CC(=O)Sc1ccc(OC(=O)c2ccc(SC(=O)C(=C)C)c(C(F)(F)F)c2)cc1. The molecule has 156 valence electrons. The van der Waals surface area contributed by atoms with Crippen LogP contribution in [-0.4, -0.2) is 16.2 Å². The van der Waals surface area contributed by atoms with Crippen LogP contribution in [0.25, 0.3) is 0 Å². The van der Waals surface area contributed by atoms with Gasteiger partial charge in [0.15, 0.2) is 0 Å². The molecule has 9 heteroatoms. The zero-order valence-electron chi connectivity index (χ0n) is 15.6. The van der Waals surface area contributed by atoms with Crippen molar-refractivity contribution < 1.29 is 32.3 Å². The Balaban J connectivity index is 2.23. The summed E-state index contributed by atoms with van der Waals surface area (Å²) in [5, 5.41) is -0.869. The molecule has 0 saturated heterocycles. The molecule has 2 aromatic rings. The van der Waals surface area contributed by atoms with Gasteiger partial charge in [0.2, 0.25) is 10.2 Å². The third kappa shape index (κ3) is 6.36. The number of thioether (sulfide) groups is 2. The number of carbonyl (C=O) groups is 3. The van der Waals surface area contributed by atoms with Gasteiger partial charge in [-0.25, -0.2) is 4.79 Å². The molecule has 0 aliphatic rings. The normalized spacial score (nSPS) is 10.9. The minimum Gasteiger partial charge on any atom is -0.423 e. The zero-order valence-corrected chi connectivity index (χ0v) is 17.2. The number of alkyl halides is 3. The summed E-state index contributed by atoms with van der Waals surface area (Å²) in [6.45, 7) is 8.16. The standard InChI is InChI=1S/C21H15F3O4S2/c1-4-18(25)29-15-8-6-14(7-9-15)28-19(26)13-5-10-17(30-20(27)12(2)3)16(11-13)21(22,23)24/h4-11H,1-2H2,3H3. The van der Waals surface area contributed by atoms with E-state index in [2.05, 4.69) is 13.2 Å². The van der Waals surface area contributed by atoms with Gasteiger partial charge in [0.1, 0.15) is 5.75 Å². The largest absolute Gasteiger partial charge is 0.423 e. The van der Waals surface area contributed by atoms with Crippen molar-refractivity contribution in [2.24, 2.45) is 0 Å². The second kappa shape index (κ2) is 9.82. The fourth-order valence-electron chi connectivity index (χ4n) is 2.05. The minimum atomic E-state index is -4.77. The summed E-state index contributed by atoms with van der Waals surface area (Å²) in [5.74, 6) is -0.897. The first-order valence-corrected chi connectivity index (χ1v) is 9.90. The lowest BCUT2D eigenvalue weighted by Gasteiger charge is -2.13. The number of rotatable bonds is 6. The van der Waals surface area contributed by atoms with E-state index in [-0.39, 0.29) is 26.9 Å². The molecule has 4 nitrogen and oxygen atoms in total. The van der Waals surface area contributed by atoms with Gasteiger partial charge in [0, 0.05) is 9.79 Å². The molecule has 2 aromatic carbocycles. The van der Waals surface area contributed by atoms with Crippen LogP contribution in [0.4, 0.5) is 13.2 Å². The summed E-state index contributed by atoms with van der Waals surface area (Å²) in [4.78, 5) is 35.6. The van der Waals surface area contributed by atoms with Gasteiger partial charge in [0.05, 0.1) is 11.1 Å². The highest BCUT2D eigenvalue weighted by molar-refractivity contribution is 8.14. The second-order valence-corrected chi connectivity index (χ2v) is 7.96. The van der Waals surface area contributed by atoms with Crippen LogP contribution in [0.3, 0.4) is 0 Å². The average Bonchev–Trinajstić information content (AvgIpc) is 2.68. The summed E-state index contributed by atoms with van der Waals surface area (Å²) < 4.78 is 45.3. The average molecular weight is 452 g/mol. The molecule has 0 atom stereocenters.